The zero-order valence-corrected chi connectivity index (χ0v) is 17.8. The number of alkyl halides is 1. The van der Waals surface area contributed by atoms with Crippen molar-refractivity contribution in [1.29, 1.82) is 0 Å². The molecular weight excluding hydrogens is 405 g/mol. The van der Waals surface area contributed by atoms with Crippen molar-refractivity contribution in [3.63, 3.8) is 0 Å². The zero-order valence-electron chi connectivity index (χ0n) is 16.2. The standard InChI is InChI=1S/C23H24ClN3O.ClH/c24-16-20-8-11-22(25-23(20)28)19-6-9-21(10-7-19)27-14-12-26(13-15-27)17-18-4-2-1-3-5-18;/h1-11H,12-17H2,(H,25,28);1H. The molecule has 2 heterocycles. The first-order valence-corrected chi connectivity index (χ1v) is 10.2. The molecule has 0 radical (unpaired) electrons. The monoisotopic (exact) mass is 429 g/mol. The first kappa shape index (κ1) is 21.4. The minimum Gasteiger partial charge on any atom is -0.369 e. The summed E-state index contributed by atoms with van der Waals surface area (Å²) in [5.41, 5.74) is 4.89. The van der Waals surface area contributed by atoms with E-state index in [1.807, 2.05) is 6.07 Å². The van der Waals surface area contributed by atoms with E-state index in [9.17, 15) is 4.79 Å². The molecule has 2 aromatic carbocycles. The number of H-pyrrole nitrogens is 1. The lowest BCUT2D eigenvalue weighted by Crippen LogP contribution is -2.45. The predicted molar refractivity (Wildman–Crippen MR) is 123 cm³/mol. The van der Waals surface area contributed by atoms with Crippen LogP contribution in [-0.2, 0) is 12.4 Å². The van der Waals surface area contributed by atoms with Crippen LogP contribution in [0.5, 0.6) is 0 Å². The van der Waals surface area contributed by atoms with Gasteiger partial charge in [-0.05, 0) is 29.3 Å². The summed E-state index contributed by atoms with van der Waals surface area (Å²) in [5, 5.41) is 0. The number of anilines is 1. The van der Waals surface area contributed by atoms with Gasteiger partial charge in [0.1, 0.15) is 0 Å². The second-order valence-corrected chi connectivity index (χ2v) is 7.42. The molecule has 0 atom stereocenters. The van der Waals surface area contributed by atoms with Crippen molar-refractivity contribution in [3.05, 3.63) is 88.2 Å². The van der Waals surface area contributed by atoms with Gasteiger partial charge < -0.3 is 9.88 Å². The van der Waals surface area contributed by atoms with E-state index in [-0.39, 0.29) is 23.8 Å². The number of halogens is 2. The lowest BCUT2D eigenvalue weighted by atomic mass is 10.1. The number of nitrogens with one attached hydrogen (secondary N) is 1. The third-order valence-electron chi connectivity index (χ3n) is 5.30. The molecule has 1 saturated heterocycles. The van der Waals surface area contributed by atoms with E-state index in [0.29, 0.717) is 5.56 Å². The highest BCUT2D eigenvalue weighted by Crippen LogP contribution is 2.23. The maximum atomic E-state index is 12.0. The van der Waals surface area contributed by atoms with Gasteiger partial charge in [0.15, 0.2) is 0 Å². The molecule has 0 bridgehead atoms. The molecule has 4 nitrogen and oxygen atoms in total. The Morgan fingerprint density at radius 3 is 2.17 bits per heavy atom. The summed E-state index contributed by atoms with van der Waals surface area (Å²) in [6.45, 7) is 5.17. The lowest BCUT2D eigenvalue weighted by Gasteiger charge is -2.36. The summed E-state index contributed by atoms with van der Waals surface area (Å²) in [6, 6.07) is 22.8. The Balaban J connectivity index is 0.00000240. The third-order valence-corrected chi connectivity index (χ3v) is 5.59. The molecule has 1 aliphatic rings. The van der Waals surface area contributed by atoms with E-state index in [2.05, 4.69) is 69.4 Å². The zero-order chi connectivity index (χ0) is 19.3. The van der Waals surface area contributed by atoms with Crippen LogP contribution < -0.4 is 10.5 Å². The molecule has 1 N–H and O–H groups in total. The van der Waals surface area contributed by atoms with Gasteiger partial charge in [-0.3, -0.25) is 9.69 Å². The number of aromatic amines is 1. The molecule has 0 spiro atoms. The van der Waals surface area contributed by atoms with Gasteiger partial charge in [-0.1, -0.05) is 48.5 Å². The molecule has 0 unspecified atom stereocenters. The van der Waals surface area contributed by atoms with Gasteiger partial charge in [-0.25, -0.2) is 0 Å². The SMILES string of the molecule is Cl.O=c1[nH]c(-c2ccc(N3CCN(Cc4ccccc4)CC3)cc2)ccc1CCl. The normalized spacial score (nSPS) is 14.4. The lowest BCUT2D eigenvalue weighted by molar-refractivity contribution is 0.250. The molecule has 152 valence electrons. The average Bonchev–Trinajstić information content (AvgIpc) is 2.75. The van der Waals surface area contributed by atoms with E-state index in [1.54, 1.807) is 6.07 Å². The van der Waals surface area contributed by atoms with E-state index >= 15 is 0 Å². The summed E-state index contributed by atoms with van der Waals surface area (Å²) in [6.07, 6.45) is 0. The molecule has 0 amide bonds. The van der Waals surface area contributed by atoms with Gasteiger partial charge in [0, 0.05) is 49.7 Å². The van der Waals surface area contributed by atoms with Crippen molar-refractivity contribution in [1.82, 2.24) is 9.88 Å². The van der Waals surface area contributed by atoms with Gasteiger partial charge in [0.2, 0.25) is 0 Å². The highest BCUT2D eigenvalue weighted by Gasteiger charge is 2.17. The van der Waals surface area contributed by atoms with Crippen LogP contribution in [0.1, 0.15) is 11.1 Å². The fourth-order valence-electron chi connectivity index (χ4n) is 3.64. The van der Waals surface area contributed by atoms with Gasteiger partial charge in [0.05, 0.1) is 5.88 Å². The van der Waals surface area contributed by atoms with Crippen LogP contribution in [-0.4, -0.2) is 36.1 Å². The van der Waals surface area contributed by atoms with E-state index in [1.165, 1.54) is 11.3 Å². The minimum atomic E-state index is -0.119. The molecule has 3 aromatic rings. The molecule has 6 heteroatoms. The summed E-state index contributed by atoms with van der Waals surface area (Å²) in [4.78, 5) is 19.8. The summed E-state index contributed by atoms with van der Waals surface area (Å²) in [5.74, 6) is 0.227. The Kier molecular flexibility index (Phi) is 7.37. The first-order chi connectivity index (χ1) is 13.7. The molecule has 4 rings (SSSR count). The quantitative estimate of drug-likeness (QED) is 0.605. The van der Waals surface area contributed by atoms with Crippen LogP contribution in [0.4, 0.5) is 5.69 Å². The minimum absolute atomic E-state index is 0. The van der Waals surface area contributed by atoms with Crippen molar-refractivity contribution >= 4 is 29.7 Å². The van der Waals surface area contributed by atoms with Crippen LogP contribution in [0.2, 0.25) is 0 Å². The Hall–Kier alpha value is -2.27. The van der Waals surface area contributed by atoms with Crippen LogP contribution in [0.15, 0.2) is 71.5 Å². The molecule has 0 aliphatic carbocycles. The predicted octanol–water partition coefficient (Wildman–Crippen LogP) is 4.52. The second kappa shape index (κ2) is 9.97. The van der Waals surface area contributed by atoms with Crippen molar-refractivity contribution in [3.8, 4) is 11.3 Å². The number of aromatic nitrogens is 1. The van der Waals surface area contributed by atoms with Gasteiger partial charge in [-0.2, -0.15) is 0 Å². The maximum absolute atomic E-state index is 12.0. The number of nitrogens with zero attached hydrogens (tertiary/aromatic N) is 2. The largest absolute Gasteiger partial charge is 0.369 e. The number of piperazine rings is 1. The molecule has 29 heavy (non-hydrogen) atoms. The van der Waals surface area contributed by atoms with Gasteiger partial charge >= 0.3 is 0 Å². The number of benzene rings is 2. The Morgan fingerprint density at radius 1 is 0.862 bits per heavy atom. The average molecular weight is 430 g/mol. The highest BCUT2D eigenvalue weighted by molar-refractivity contribution is 6.17. The topological polar surface area (TPSA) is 39.3 Å². The maximum Gasteiger partial charge on any atom is 0.252 e. The Morgan fingerprint density at radius 2 is 1.55 bits per heavy atom. The number of hydrogen-bond acceptors (Lipinski definition) is 3. The van der Waals surface area contributed by atoms with Crippen LogP contribution in [0.3, 0.4) is 0 Å². The highest BCUT2D eigenvalue weighted by atomic mass is 35.5. The number of pyridine rings is 1. The van der Waals surface area contributed by atoms with Gasteiger partial charge in [0.25, 0.3) is 5.56 Å². The molecule has 1 aliphatic heterocycles. The van der Waals surface area contributed by atoms with Gasteiger partial charge in [-0.15, -0.1) is 24.0 Å². The van der Waals surface area contributed by atoms with Crippen molar-refractivity contribution in [2.24, 2.45) is 0 Å². The Labute approximate surface area is 182 Å². The molecule has 0 saturated carbocycles. The fourth-order valence-corrected chi connectivity index (χ4v) is 3.85. The smallest absolute Gasteiger partial charge is 0.252 e. The molecular formula is C23H25Cl2N3O. The summed E-state index contributed by atoms with van der Waals surface area (Å²) in [7, 11) is 0. The van der Waals surface area contributed by atoms with Crippen molar-refractivity contribution in [2.45, 2.75) is 12.4 Å². The third kappa shape index (κ3) is 5.21. The van der Waals surface area contributed by atoms with E-state index in [4.69, 9.17) is 11.6 Å². The molecule has 1 aromatic heterocycles. The summed E-state index contributed by atoms with van der Waals surface area (Å²) >= 11 is 5.76. The second-order valence-electron chi connectivity index (χ2n) is 7.16. The first-order valence-electron chi connectivity index (χ1n) is 9.63. The number of hydrogen-bond donors (Lipinski definition) is 1. The Bertz CT molecular complexity index is 965. The van der Waals surface area contributed by atoms with E-state index in [0.717, 1.165) is 44.0 Å². The van der Waals surface area contributed by atoms with Crippen molar-refractivity contribution < 1.29 is 0 Å². The van der Waals surface area contributed by atoms with Crippen LogP contribution in [0.25, 0.3) is 11.3 Å². The van der Waals surface area contributed by atoms with Crippen LogP contribution in [0, 0.1) is 0 Å². The molecule has 1 fully saturated rings. The number of rotatable bonds is 5. The van der Waals surface area contributed by atoms with E-state index < -0.39 is 0 Å². The fraction of sp³-hybridized carbons (Fsp3) is 0.261. The summed E-state index contributed by atoms with van der Waals surface area (Å²) < 4.78 is 0. The van der Waals surface area contributed by atoms with Crippen molar-refractivity contribution in [2.75, 3.05) is 31.1 Å². The van der Waals surface area contributed by atoms with Crippen LogP contribution >= 0.6 is 24.0 Å².